The van der Waals surface area contributed by atoms with Gasteiger partial charge in [0.05, 0.1) is 11.7 Å². The zero-order valence-corrected chi connectivity index (χ0v) is 9.95. The van der Waals surface area contributed by atoms with Crippen LogP contribution >= 0.6 is 0 Å². The lowest BCUT2D eigenvalue weighted by atomic mass is 9.71. The van der Waals surface area contributed by atoms with E-state index in [4.69, 9.17) is 4.74 Å². The fourth-order valence-corrected chi connectivity index (χ4v) is 2.95. The minimum atomic E-state index is -0.0108. The van der Waals surface area contributed by atoms with Crippen LogP contribution in [0.4, 0.5) is 0 Å². The van der Waals surface area contributed by atoms with E-state index in [9.17, 15) is 0 Å². The summed E-state index contributed by atoms with van der Waals surface area (Å²) in [7, 11) is 0. The van der Waals surface area contributed by atoms with E-state index in [0.29, 0.717) is 17.9 Å². The van der Waals surface area contributed by atoms with Gasteiger partial charge >= 0.3 is 0 Å². The first-order chi connectivity index (χ1) is 6.46. The smallest absolute Gasteiger partial charge is 0.0871 e. The molecule has 2 aliphatic heterocycles. The number of hydrogen-bond donors (Lipinski definition) is 0. The van der Waals surface area contributed by atoms with E-state index in [1.54, 1.807) is 0 Å². The van der Waals surface area contributed by atoms with Crippen LogP contribution < -0.4 is 0 Å². The minimum Gasteiger partial charge on any atom is -0.363 e. The standard InChI is InChI=1S/C13H22O/c1-8-9(2)11(4)13(5)7-6-12(14-13)10(8)3/h6-12H,1-5H3/t8-,9?,10?,11+,12-,13+/m0/s1. The maximum atomic E-state index is 6.16. The van der Waals surface area contributed by atoms with E-state index in [1.807, 2.05) is 0 Å². The fourth-order valence-electron chi connectivity index (χ4n) is 2.95. The molecule has 0 aliphatic carbocycles. The third-order valence-corrected chi connectivity index (χ3v) is 4.88. The molecule has 1 heteroatoms. The quantitative estimate of drug-likeness (QED) is 0.538. The molecule has 1 saturated heterocycles. The number of hydrogen-bond acceptors (Lipinski definition) is 1. The van der Waals surface area contributed by atoms with E-state index in [1.165, 1.54) is 0 Å². The lowest BCUT2D eigenvalue weighted by molar-refractivity contribution is -0.0503. The van der Waals surface area contributed by atoms with Crippen LogP contribution in [-0.2, 0) is 4.74 Å². The molecule has 80 valence electrons. The molecular formula is C13H22O. The topological polar surface area (TPSA) is 9.23 Å². The van der Waals surface area contributed by atoms with Gasteiger partial charge in [0, 0.05) is 0 Å². The Morgan fingerprint density at radius 2 is 1.64 bits per heavy atom. The molecule has 0 spiro atoms. The van der Waals surface area contributed by atoms with Crippen molar-refractivity contribution < 1.29 is 4.74 Å². The fraction of sp³-hybridized carbons (Fsp3) is 0.846. The van der Waals surface area contributed by atoms with Crippen LogP contribution in [0.1, 0.15) is 34.6 Å². The molecule has 2 heterocycles. The highest BCUT2D eigenvalue weighted by molar-refractivity contribution is 5.15. The van der Waals surface area contributed by atoms with Gasteiger partial charge in [-0.25, -0.2) is 0 Å². The first-order valence-corrected chi connectivity index (χ1v) is 5.83. The lowest BCUT2D eigenvalue weighted by Gasteiger charge is -2.34. The Balaban J connectivity index is 2.35. The van der Waals surface area contributed by atoms with Gasteiger partial charge in [-0.3, -0.25) is 0 Å². The normalized spacial score (nSPS) is 57.4. The minimum absolute atomic E-state index is 0.0108. The molecule has 0 aromatic heterocycles. The van der Waals surface area contributed by atoms with Gasteiger partial charge in [0.25, 0.3) is 0 Å². The molecule has 1 fully saturated rings. The summed E-state index contributed by atoms with van der Waals surface area (Å²) >= 11 is 0. The van der Waals surface area contributed by atoms with Crippen LogP contribution in [0.5, 0.6) is 0 Å². The molecular weight excluding hydrogens is 172 g/mol. The number of rotatable bonds is 0. The zero-order chi connectivity index (χ0) is 10.5. The molecule has 2 bridgehead atoms. The van der Waals surface area contributed by atoms with Crippen molar-refractivity contribution in [3.8, 4) is 0 Å². The molecule has 0 amide bonds. The number of ether oxygens (including phenoxy) is 1. The van der Waals surface area contributed by atoms with Gasteiger partial charge in [-0.05, 0) is 30.6 Å². The maximum Gasteiger partial charge on any atom is 0.0871 e. The number of fused-ring (bicyclic) bond motifs is 2. The van der Waals surface area contributed by atoms with Gasteiger partial charge in [-0.15, -0.1) is 0 Å². The molecule has 14 heavy (non-hydrogen) atoms. The first-order valence-electron chi connectivity index (χ1n) is 5.83. The third kappa shape index (κ3) is 1.25. The summed E-state index contributed by atoms with van der Waals surface area (Å²) in [6.07, 6.45) is 4.90. The van der Waals surface area contributed by atoms with E-state index in [2.05, 4.69) is 46.8 Å². The maximum absolute atomic E-state index is 6.16. The van der Waals surface area contributed by atoms with Gasteiger partial charge in [-0.2, -0.15) is 0 Å². The third-order valence-electron chi connectivity index (χ3n) is 4.88. The summed E-state index contributed by atoms with van der Waals surface area (Å²) in [6, 6.07) is 0. The predicted octanol–water partition coefficient (Wildman–Crippen LogP) is 3.26. The summed E-state index contributed by atoms with van der Waals surface area (Å²) < 4.78 is 6.16. The van der Waals surface area contributed by atoms with Crippen molar-refractivity contribution in [2.45, 2.75) is 46.3 Å². The van der Waals surface area contributed by atoms with Crippen LogP contribution in [0.25, 0.3) is 0 Å². The second-order valence-corrected chi connectivity index (χ2v) is 5.49. The van der Waals surface area contributed by atoms with Crippen molar-refractivity contribution in [2.75, 3.05) is 0 Å². The van der Waals surface area contributed by atoms with Crippen LogP contribution in [-0.4, -0.2) is 11.7 Å². The SMILES string of the molecule is CC1[C@@H](C)C(C)[C@@H](C)[C@@]2(C)C=C[C@@H]1O2. The van der Waals surface area contributed by atoms with Crippen LogP contribution in [0.3, 0.4) is 0 Å². The second kappa shape index (κ2) is 3.10. The van der Waals surface area contributed by atoms with Crippen molar-refractivity contribution in [2.24, 2.45) is 23.7 Å². The Morgan fingerprint density at radius 3 is 2.29 bits per heavy atom. The van der Waals surface area contributed by atoms with Crippen molar-refractivity contribution >= 4 is 0 Å². The summed E-state index contributed by atoms with van der Waals surface area (Å²) in [5.41, 5.74) is -0.0108. The molecule has 0 aromatic rings. The highest BCUT2D eigenvalue weighted by atomic mass is 16.5. The highest BCUT2D eigenvalue weighted by Gasteiger charge is 2.46. The Bertz CT molecular complexity index is 258. The molecule has 2 unspecified atom stereocenters. The summed E-state index contributed by atoms with van der Waals surface area (Å²) in [5.74, 6) is 2.75. The molecule has 1 nitrogen and oxygen atoms in total. The van der Waals surface area contributed by atoms with E-state index >= 15 is 0 Å². The summed E-state index contributed by atoms with van der Waals surface area (Å²) in [6.45, 7) is 11.6. The average molecular weight is 194 g/mol. The summed E-state index contributed by atoms with van der Waals surface area (Å²) in [4.78, 5) is 0. The molecule has 0 saturated carbocycles. The van der Waals surface area contributed by atoms with Crippen molar-refractivity contribution in [3.05, 3.63) is 12.2 Å². The molecule has 0 N–H and O–H groups in total. The summed E-state index contributed by atoms with van der Waals surface area (Å²) in [5, 5.41) is 0. The Morgan fingerprint density at radius 1 is 1.00 bits per heavy atom. The lowest BCUT2D eigenvalue weighted by Crippen LogP contribution is -2.35. The highest BCUT2D eigenvalue weighted by Crippen LogP contribution is 2.46. The molecule has 2 aliphatic rings. The van der Waals surface area contributed by atoms with Gasteiger partial charge in [0.2, 0.25) is 0 Å². The van der Waals surface area contributed by atoms with Crippen LogP contribution in [0.2, 0.25) is 0 Å². The second-order valence-electron chi connectivity index (χ2n) is 5.49. The van der Waals surface area contributed by atoms with Crippen LogP contribution in [0.15, 0.2) is 12.2 Å². The van der Waals surface area contributed by atoms with E-state index in [-0.39, 0.29) is 5.60 Å². The van der Waals surface area contributed by atoms with Crippen molar-refractivity contribution in [1.29, 1.82) is 0 Å². The molecule has 0 aromatic carbocycles. The van der Waals surface area contributed by atoms with Crippen LogP contribution in [0, 0.1) is 23.7 Å². The van der Waals surface area contributed by atoms with Gasteiger partial charge < -0.3 is 4.74 Å². The monoisotopic (exact) mass is 194 g/mol. The molecule has 0 radical (unpaired) electrons. The predicted molar refractivity (Wildman–Crippen MR) is 59.1 cm³/mol. The zero-order valence-electron chi connectivity index (χ0n) is 9.95. The van der Waals surface area contributed by atoms with Gasteiger partial charge in [-0.1, -0.05) is 39.8 Å². The van der Waals surface area contributed by atoms with Crippen molar-refractivity contribution in [3.63, 3.8) is 0 Å². The van der Waals surface area contributed by atoms with Crippen molar-refractivity contribution in [1.82, 2.24) is 0 Å². The first kappa shape index (κ1) is 10.2. The van der Waals surface area contributed by atoms with E-state index < -0.39 is 0 Å². The largest absolute Gasteiger partial charge is 0.363 e. The van der Waals surface area contributed by atoms with Gasteiger partial charge in [0.1, 0.15) is 0 Å². The average Bonchev–Trinajstić information content (AvgIpc) is 2.55. The van der Waals surface area contributed by atoms with Gasteiger partial charge in [0.15, 0.2) is 0 Å². The molecule has 2 rings (SSSR count). The Labute approximate surface area is 87.5 Å². The van der Waals surface area contributed by atoms with E-state index in [0.717, 1.165) is 11.8 Å². The Kier molecular flexibility index (Phi) is 2.26. The molecule has 6 atom stereocenters. The Hall–Kier alpha value is -0.300.